The molecule has 0 aliphatic rings. The number of ether oxygens (including phenoxy) is 1. The molecular formula is C90H179NO5. The average Bonchev–Trinajstić information content (AvgIpc) is 2.67. The topological polar surface area (TPSA) is 95.9 Å². The number of unbranched alkanes of at least 4 members (excludes halogenated alkanes) is 76. The molecular weight excluding hydrogens is 1170 g/mol. The molecule has 0 heterocycles. The largest absolute Gasteiger partial charge is 0.466 e. The van der Waals surface area contributed by atoms with Crippen LogP contribution in [-0.2, 0) is 14.3 Å². The van der Waals surface area contributed by atoms with E-state index in [1.54, 1.807) is 0 Å². The van der Waals surface area contributed by atoms with E-state index >= 15 is 0 Å². The van der Waals surface area contributed by atoms with E-state index in [0.29, 0.717) is 25.9 Å². The summed E-state index contributed by atoms with van der Waals surface area (Å²) in [6.45, 7) is 5.03. The number of nitrogens with one attached hydrogen (secondary N) is 1. The van der Waals surface area contributed by atoms with Crippen molar-refractivity contribution in [2.45, 2.75) is 553 Å². The van der Waals surface area contributed by atoms with E-state index < -0.39 is 12.1 Å². The first-order valence-corrected chi connectivity index (χ1v) is 45.3. The van der Waals surface area contributed by atoms with E-state index in [0.717, 1.165) is 38.5 Å². The molecule has 0 aromatic carbocycles. The highest BCUT2D eigenvalue weighted by atomic mass is 16.5. The predicted octanol–water partition coefficient (Wildman–Crippen LogP) is 30.4. The highest BCUT2D eigenvalue weighted by Gasteiger charge is 2.20. The van der Waals surface area contributed by atoms with Gasteiger partial charge >= 0.3 is 5.97 Å². The third-order valence-corrected chi connectivity index (χ3v) is 21.9. The molecule has 96 heavy (non-hydrogen) atoms. The molecule has 574 valence electrons. The lowest BCUT2D eigenvalue weighted by Crippen LogP contribution is -2.45. The van der Waals surface area contributed by atoms with Crippen molar-refractivity contribution in [2.24, 2.45) is 0 Å². The van der Waals surface area contributed by atoms with Crippen molar-refractivity contribution in [1.29, 1.82) is 0 Å². The molecule has 2 unspecified atom stereocenters. The van der Waals surface area contributed by atoms with Crippen molar-refractivity contribution < 1.29 is 24.5 Å². The van der Waals surface area contributed by atoms with Crippen LogP contribution in [0.1, 0.15) is 540 Å². The molecule has 0 aliphatic heterocycles. The molecule has 0 aromatic rings. The Balaban J connectivity index is 3.29. The van der Waals surface area contributed by atoms with Crippen LogP contribution < -0.4 is 5.32 Å². The Morgan fingerprint density at radius 2 is 0.427 bits per heavy atom. The first-order chi connectivity index (χ1) is 47.5. The van der Waals surface area contributed by atoms with Crippen LogP contribution in [0.2, 0.25) is 0 Å². The number of aliphatic hydroxyl groups is 2. The van der Waals surface area contributed by atoms with Gasteiger partial charge in [-0.25, -0.2) is 0 Å². The first kappa shape index (κ1) is 94.9. The number of hydrogen-bond acceptors (Lipinski definition) is 5. The van der Waals surface area contributed by atoms with Gasteiger partial charge in [-0.05, 0) is 25.7 Å². The van der Waals surface area contributed by atoms with Gasteiger partial charge in [0.25, 0.3) is 0 Å². The molecule has 2 atom stereocenters. The number of aliphatic hydroxyl groups excluding tert-OH is 2. The minimum atomic E-state index is -0.661. The summed E-state index contributed by atoms with van der Waals surface area (Å²) in [6.07, 6.45) is 110. The summed E-state index contributed by atoms with van der Waals surface area (Å²) in [5, 5.41) is 23.5. The molecule has 0 radical (unpaired) electrons. The van der Waals surface area contributed by atoms with E-state index in [4.69, 9.17) is 4.74 Å². The highest BCUT2D eigenvalue weighted by Crippen LogP contribution is 2.22. The maximum atomic E-state index is 12.6. The molecule has 6 heteroatoms. The fourth-order valence-electron chi connectivity index (χ4n) is 15.1. The van der Waals surface area contributed by atoms with Gasteiger partial charge < -0.3 is 20.3 Å². The maximum Gasteiger partial charge on any atom is 0.305 e. The maximum absolute atomic E-state index is 12.6. The third-order valence-electron chi connectivity index (χ3n) is 21.9. The predicted molar refractivity (Wildman–Crippen MR) is 426 cm³/mol. The first-order valence-electron chi connectivity index (χ1n) is 45.3. The van der Waals surface area contributed by atoms with E-state index in [1.807, 2.05) is 0 Å². The molecule has 0 rings (SSSR count). The zero-order valence-corrected chi connectivity index (χ0v) is 66.2. The third kappa shape index (κ3) is 81.8. The van der Waals surface area contributed by atoms with Crippen LogP contribution in [0.5, 0.6) is 0 Å². The molecule has 1 amide bonds. The van der Waals surface area contributed by atoms with E-state index in [2.05, 4.69) is 19.2 Å². The molecule has 0 aliphatic carbocycles. The SMILES string of the molecule is CCCCCCCCCCCCCCCCCCCCCCCCCCCC(O)C(CO)NC(=O)CCCCCCCCCCCCCCCCCCCCCCCCCCCCCCCCCCCCCCCCCOC(=O)CCCCCCCCCCCCCCCCC. The standard InChI is InChI=1S/C90H179NO5/c1-3-5-7-9-11-13-15-17-19-20-21-22-23-39-42-45-48-51-55-58-62-66-70-74-78-82-88(93)87(86-92)91-89(94)83-79-75-71-67-63-59-56-52-49-46-43-40-37-35-33-31-29-27-25-24-26-28-30-32-34-36-38-41-44-47-50-53-57-61-65-69-73-77-81-85-96-90(95)84-80-76-72-68-64-60-54-18-16-14-12-10-8-6-4-2/h87-88,92-93H,3-86H2,1-2H3,(H,91,94). The minimum absolute atomic E-state index is 0.0215. The summed E-state index contributed by atoms with van der Waals surface area (Å²) in [6, 6.07) is -0.537. The number of rotatable bonds is 87. The number of esters is 1. The van der Waals surface area contributed by atoms with Gasteiger partial charge in [0, 0.05) is 12.8 Å². The van der Waals surface area contributed by atoms with Crippen LogP contribution in [0.25, 0.3) is 0 Å². The summed E-state index contributed by atoms with van der Waals surface area (Å²) in [5.41, 5.74) is 0. The van der Waals surface area contributed by atoms with Crippen molar-refractivity contribution in [3.8, 4) is 0 Å². The Morgan fingerprint density at radius 3 is 0.635 bits per heavy atom. The zero-order valence-electron chi connectivity index (χ0n) is 66.2. The number of hydrogen-bond donors (Lipinski definition) is 3. The molecule has 0 bridgehead atoms. The number of carbonyl (C=O) groups excluding carboxylic acids is 2. The second-order valence-corrected chi connectivity index (χ2v) is 31.7. The van der Waals surface area contributed by atoms with Crippen molar-refractivity contribution in [3.63, 3.8) is 0 Å². The van der Waals surface area contributed by atoms with Crippen LogP contribution >= 0.6 is 0 Å². The Labute approximate surface area is 604 Å². The van der Waals surface area contributed by atoms with Gasteiger partial charge in [-0.1, -0.05) is 502 Å². The molecule has 0 aromatic heterocycles. The second-order valence-electron chi connectivity index (χ2n) is 31.7. The number of amides is 1. The Bertz CT molecular complexity index is 1420. The lowest BCUT2D eigenvalue weighted by molar-refractivity contribution is -0.143. The zero-order chi connectivity index (χ0) is 69.1. The normalized spacial score (nSPS) is 12.3. The van der Waals surface area contributed by atoms with Crippen LogP contribution in [0.4, 0.5) is 0 Å². The lowest BCUT2D eigenvalue weighted by Gasteiger charge is -2.22. The fraction of sp³-hybridized carbons (Fsp3) is 0.978. The summed E-state index contributed by atoms with van der Waals surface area (Å²) < 4.78 is 5.51. The van der Waals surface area contributed by atoms with Gasteiger partial charge in [0.15, 0.2) is 0 Å². The molecule has 0 fully saturated rings. The summed E-state index contributed by atoms with van der Waals surface area (Å²) in [5.74, 6) is 0.00723. The van der Waals surface area contributed by atoms with Gasteiger partial charge in [-0.15, -0.1) is 0 Å². The van der Waals surface area contributed by atoms with Crippen LogP contribution in [0.15, 0.2) is 0 Å². The van der Waals surface area contributed by atoms with Crippen molar-refractivity contribution >= 4 is 11.9 Å². The van der Waals surface area contributed by atoms with E-state index in [-0.39, 0.29) is 18.5 Å². The molecule has 0 saturated carbocycles. The molecule has 6 nitrogen and oxygen atoms in total. The van der Waals surface area contributed by atoms with Crippen molar-refractivity contribution in [2.75, 3.05) is 13.2 Å². The van der Waals surface area contributed by atoms with E-state index in [9.17, 15) is 19.8 Å². The van der Waals surface area contributed by atoms with Crippen molar-refractivity contribution in [3.05, 3.63) is 0 Å². The highest BCUT2D eigenvalue weighted by molar-refractivity contribution is 5.76. The van der Waals surface area contributed by atoms with Gasteiger partial charge in [0.1, 0.15) is 0 Å². The van der Waals surface area contributed by atoms with Gasteiger partial charge in [0.05, 0.1) is 25.4 Å². The monoisotopic (exact) mass is 1350 g/mol. The van der Waals surface area contributed by atoms with Crippen LogP contribution in [-0.4, -0.2) is 47.4 Å². The van der Waals surface area contributed by atoms with Gasteiger partial charge in [0.2, 0.25) is 5.91 Å². The van der Waals surface area contributed by atoms with Gasteiger partial charge in [-0.3, -0.25) is 9.59 Å². The Kier molecular flexibility index (Phi) is 85.2. The van der Waals surface area contributed by atoms with Crippen LogP contribution in [0, 0.1) is 0 Å². The Morgan fingerprint density at radius 1 is 0.250 bits per heavy atom. The van der Waals surface area contributed by atoms with Crippen molar-refractivity contribution in [1.82, 2.24) is 5.32 Å². The lowest BCUT2D eigenvalue weighted by atomic mass is 10.0. The van der Waals surface area contributed by atoms with E-state index in [1.165, 1.54) is 469 Å². The van der Waals surface area contributed by atoms with Crippen LogP contribution in [0.3, 0.4) is 0 Å². The molecule has 3 N–H and O–H groups in total. The quantitative estimate of drug-likeness (QED) is 0.0417. The average molecular weight is 1360 g/mol. The molecule has 0 saturated heterocycles. The molecule has 0 spiro atoms. The number of carbonyl (C=O) groups is 2. The van der Waals surface area contributed by atoms with Gasteiger partial charge in [-0.2, -0.15) is 0 Å². The summed E-state index contributed by atoms with van der Waals surface area (Å²) in [7, 11) is 0. The summed E-state index contributed by atoms with van der Waals surface area (Å²) >= 11 is 0. The fourth-order valence-corrected chi connectivity index (χ4v) is 15.1. The minimum Gasteiger partial charge on any atom is -0.466 e. The summed E-state index contributed by atoms with van der Waals surface area (Å²) in [4.78, 5) is 24.7. The smallest absolute Gasteiger partial charge is 0.305 e. The second kappa shape index (κ2) is 86.3. The Hall–Kier alpha value is -1.14.